The first kappa shape index (κ1) is 18.0. The van der Waals surface area contributed by atoms with Crippen LogP contribution in [0.4, 0.5) is 19.0 Å². The van der Waals surface area contributed by atoms with Gasteiger partial charge in [-0.3, -0.25) is 9.48 Å². The fourth-order valence-corrected chi connectivity index (χ4v) is 2.52. The molecule has 2 heterocycles. The maximum absolute atomic E-state index is 13.1. The first-order valence-corrected chi connectivity index (χ1v) is 7.84. The highest BCUT2D eigenvalue weighted by Crippen LogP contribution is 2.20. The molecule has 0 aliphatic carbocycles. The van der Waals surface area contributed by atoms with E-state index < -0.39 is 18.3 Å². The van der Waals surface area contributed by atoms with E-state index >= 15 is 0 Å². The molecule has 0 fully saturated rings. The molecule has 0 aliphatic rings. The molecule has 136 valence electrons. The van der Waals surface area contributed by atoms with Crippen molar-refractivity contribution >= 4 is 23.3 Å². The van der Waals surface area contributed by atoms with Gasteiger partial charge in [-0.15, -0.1) is 0 Å². The van der Waals surface area contributed by atoms with Crippen molar-refractivity contribution in [2.45, 2.75) is 20.0 Å². The SMILES string of the molecule is Cc1cc(NC(=O)c2ccn(C(F)F)n2)nn1Cc1ccc(F)cc1Cl. The molecule has 2 aromatic heterocycles. The van der Waals surface area contributed by atoms with Crippen molar-refractivity contribution in [3.8, 4) is 0 Å². The molecule has 0 spiro atoms. The number of rotatable bonds is 5. The predicted molar refractivity (Wildman–Crippen MR) is 88.9 cm³/mol. The topological polar surface area (TPSA) is 64.7 Å². The van der Waals surface area contributed by atoms with Crippen LogP contribution in [0, 0.1) is 12.7 Å². The third kappa shape index (κ3) is 3.88. The van der Waals surface area contributed by atoms with Crippen LogP contribution in [0.15, 0.2) is 36.5 Å². The highest BCUT2D eigenvalue weighted by atomic mass is 35.5. The zero-order valence-corrected chi connectivity index (χ0v) is 14.2. The lowest BCUT2D eigenvalue weighted by molar-refractivity contribution is 0.0561. The zero-order chi connectivity index (χ0) is 18.8. The van der Waals surface area contributed by atoms with Gasteiger partial charge in [0.2, 0.25) is 0 Å². The number of nitrogens with zero attached hydrogens (tertiary/aromatic N) is 4. The second-order valence-electron chi connectivity index (χ2n) is 5.48. The van der Waals surface area contributed by atoms with Crippen LogP contribution in [0.5, 0.6) is 0 Å². The summed E-state index contributed by atoms with van der Waals surface area (Å²) in [5, 5.41) is 10.5. The number of nitrogens with one attached hydrogen (secondary N) is 1. The number of amides is 1. The second kappa shape index (κ2) is 7.20. The summed E-state index contributed by atoms with van der Waals surface area (Å²) in [5.41, 5.74) is 1.23. The Morgan fingerprint density at radius 2 is 2.04 bits per heavy atom. The molecule has 0 unspecified atom stereocenters. The molecule has 1 amide bonds. The predicted octanol–water partition coefficient (Wildman–Crippen LogP) is 3.88. The van der Waals surface area contributed by atoms with Gasteiger partial charge in [0.1, 0.15) is 5.82 Å². The number of carbonyl (C=O) groups is 1. The molecule has 3 aromatic rings. The summed E-state index contributed by atoms with van der Waals surface area (Å²) < 4.78 is 40.1. The van der Waals surface area contributed by atoms with E-state index in [1.165, 1.54) is 18.2 Å². The Balaban J connectivity index is 1.74. The number of benzene rings is 1. The van der Waals surface area contributed by atoms with E-state index in [4.69, 9.17) is 11.6 Å². The van der Waals surface area contributed by atoms with Gasteiger partial charge in [-0.1, -0.05) is 17.7 Å². The number of anilines is 1. The maximum atomic E-state index is 13.1. The third-order valence-corrected chi connectivity index (χ3v) is 3.95. The van der Waals surface area contributed by atoms with Crippen LogP contribution < -0.4 is 5.32 Å². The van der Waals surface area contributed by atoms with Crippen LogP contribution in [-0.2, 0) is 6.54 Å². The summed E-state index contributed by atoms with van der Waals surface area (Å²) >= 11 is 6.01. The summed E-state index contributed by atoms with van der Waals surface area (Å²) in [4.78, 5) is 12.1. The van der Waals surface area contributed by atoms with E-state index in [0.29, 0.717) is 10.2 Å². The number of aromatic nitrogens is 4. The normalized spacial score (nSPS) is 11.2. The average Bonchev–Trinajstić information content (AvgIpc) is 3.18. The lowest BCUT2D eigenvalue weighted by Crippen LogP contribution is -2.14. The third-order valence-electron chi connectivity index (χ3n) is 3.60. The summed E-state index contributed by atoms with van der Waals surface area (Å²) in [7, 11) is 0. The van der Waals surface area contributed by atoms with Crippen LogP contribution in [-0.4, -0.2) is 25.5 Å². The van der Waals surface area contributed by atoms with E-state index in [-0.39, 0.29) is 23.1 Å². The minimum atomic E-state index is -2.82. The number of halogens is 4. The molecule has 0 radical (unpaired) electrons. The minimum Gasteiger partial charge on any atom is -0.304 e. The van der Waals surface area contributed by atoms with Crippen LogP contribution in [0.25, 0.3) is 0 Å². The number of carbonyl (C=O) groups excluding carboxylic acids is 1. The summed E-state index contributed by atoms with van der Waals surface area (Å²) in [5.74, 6) is -0.863. The molecule has 26 heavy (non-hydrogen) atoms. The number of alkyl halides is 2. The average molecular weight is 384 g/mol. The Morgan fingerprint density at radius 1 is 1.27 bits per heavy atom. The zero-order valence-electron chi connectivity index (χ0n) is 13.5. The Kier molecular flexibility index (Phi) is 4.99. The lowest BCUT2D eigenvalue weighted by atomic mass is 10.2. The fraction of sp³-hybridized carbons (Fsp3) is 0.188. The molecule has 0 bridgehead atoms. The Labute approximate surface area is 151 Å². The lowest BCUT2D eigenvalue weighted by Gasteiger charge is -2.06. The molecule has 1 N–H and O–H groups in total. The molecule has 3 rings (SSSR count). The standard InChI is InChI=1S/C16H13ClF3N5O/c1-9-6-14(21-15(26)13-4-5-24(22-13)16(19)20)23-25(9)8-10-2-3-11(18)7-12(10)17/h2-7,16H,8H2,1H3,(H,21,23,26). The van der Waals surface area contributed by atoms with Crippen molar-refractivity contribution in [1.29, 1.82) is 0 Å². The molecule has 6 nitrogen and oxygen atoms in total. The van der Waals surface area contributed by atoms with Crippen molar-refractivity contribution < 1.29 is 18.0 Å². The van der Waals surface area contributed by atoms with Gasteiger partial charge in [-0.25, -0.2) is 9.07 Å². The maximum Gasteiger partial charge on any atom is 0.333 e. The van der Waals surface area contributed by atoms with Crippen LogP contribution in [0.1, 0.15) is 28.3 Å². The van der Waals surface area contributed by atoms with Crippen molar-refractivity contribution in [3.05, 3.63) is 64.3 Å². The molecule has 10 heteroatoms. The van der Waals surface area contributed by atoms with Gasteiger partial charge >= 0.3 is 6.55 Å². The monoisotopic (exact) mass is 383 g/mol. The molecular formula is C16H13ClF3N5O. The second-order valence-corrected chi connectivity index (χ2v) is 5.88. The fourth-order valence-electron chi connectivity index (χ4n) is 2.29. The van der Waals surface area contributed by atoms with Gasteiger partial charge in [0.05, 0.1) is 6.54 Å². The van der Waals surface area contributed by atoms with E-state index in [2.05, 4.69) is 15.5 Å². The largest absolute Gasteiger partial charge is 0.333 e. The molecule has 0 saturated carbocycles. The van der Waals surface area contributed by atoms with Crippen molar-refractivity contribution in [2.75, 3.05) is 5.32 Å². The Bertz CT molecular complexity index is 953. The Hall–Kier alpha value is -2.81. The summed E-state index contributed by atoms with van der Waals surface area (Å²) in [6.45, 7) is -0.773. The molecule has 0 aliphatic heterocycles. The van der Waals surface area contributed by atoms with Gasteiger partial charge in [-0.2, -0.15) is 19.0 Å². The van der Waals surface area contributed by atoms with Crippen molar-refractivity contribution in [2.24, 2.45) is 0 Å². The van der Waals surface area contributed by atoms with E-state index in [1.54, 1.807) is 23.7 Å². The number of hydrogen-bond donors (Lipinski definition) is 1. The van der Waals surface area contributed by atoms with Crippen molar-refractivity contribution in [3.63, 3.8) is 0 Å². The van der Waals surface area contributed by atoms with Gasteiger partial charge in [-0.05, 0) is 30.7 Å². The summed E-state index contributed by atoms with van der Waals surface area (Å²) in [6.07, 6.45) is 1.01. The first-order chi connectivity index (χ1) is 12.3. The Morgan fingerprint density at radius 3 is 2.69 bits per heavy atom. The summed E-state index contributed by atoms with van der Waals surface area (Å²) in [6, 6.07) is 6.84. The van der Waals surface area contributed by atoms with Gasteiger partial charge < -0.3 is 5.32 Å². The molecular weight excluding hydrogens is 371 g/mol. The minimum absolute atomic E-state index is 0.154. The molecule has 1 aromatic carbocycles. The van der Waals surface area contributed by atoms with Crippen molar-refractivity contribution in [1.82, 2.24) is 19.6 Å². The van der Waals surface area contributed by atoms with E-state index in [0.717, 1.165) is 11.9 Å². The number of hydrogen-bond acceptors (Lipinski definition) is 3. The van der Waals surface area contributed by atoms with Crippen LogP contribution >= 0.6 is 11.6 Å². The van der Waals surface area contributed by atoms with Gasteiger partial charge in [0.15, 0.2) is 11.5 Å². The van der Waals surface area contributed by atoms with Gasteiger partial charge in [0.25, 0.3) is 5.91 Å². The van der Waals surface area contributed by atoms with Crippen LogP contribution in [0.3, 0.4) is 0 Å². The van der Waals surface area contributed by atoms with Gasteiger partial charge in [0, 0.05) is 23.0 Å². The highest BCUT2D eigenvalue weighted by molar-refractivity contribution is 6.31. The molecule has 0 saturated heterocycles. The van der Waals surface area contributed by atoms with E-state index in [9.17, 15) is 18.0 Å². The number of aryl methyl sites for hydroxylation is 1. The first-order valence-electron chi connectivity index (χ1n) is 7.46. The smallest absolute Gasteiger partial charge is 0.304 e. The van der Waals surface area contributed by atoms with E-state index in [1.807, 2.05) is 0 Å². The quantitative estimate of drug-likeness (QED) is 0.727. The molecule has 0 atom stereocenters. The highest BCUT2D eigenvalue weighted by Gasteiger charge is 2.15. The van der Waals surface area contributed by atoms with Crippen LogP contribution in [0.2, 0.25) is 5.02 Å².